The normalized spacial score (nSPS) is 18.1. The van der Waals surface area contributed by atoms with Crippen LogP contribution in [0, 0.1) is 0 Å². The van der Waals surface area contributed by atoms with Gasteiger partial charge in [0.2, 0.25) is 0 Å². The molecule has 2 rings (SSSR count). The van der Waals surface area contributed by atoms with E-state index in [2.05, 4.69) is 6.07 Å². The first kappa shape index (κ1) is 10.5. The van der Waals surface area contributed by atoms with Crippen molar-refractivity contribution in [1.82, 2.24) is 0 Å². The number of fused-ring (bicyclic) bond motifs is 1. The summed E-state index contributed by atoms with van der Waals surface area (Å²) in [5.74, 6) is 0.978. The fourth-order valence-electron chi connectivity index (χ4n) is 1.86. The molecule has 0 aromatic heterocycles. The molecule has 1 aromatic carbocycles. The molecule has 3 heteroatoms. The quantitative estimate of drug-likeness (QED) is 0.773. The van der Waals surface area contributed by atoms with Gasteiger partial charge in [-0.25, -0.2) is 0 Å². The predicted octanol–water partition coefficient (Wildman–Crippen LogP) is 0.874. The first-order valence-electron chi connectivity index (χ1n) is 5.28. The van der Waals surface area contributed by atoms with Crippen molar-refractivity contribution in [3.63, 3.8) is 0 Å². The Balaban J connectivity index is 2.17. The van der Waals surface area contributed by atoms with Crippen LogP contribution < -0.4 is 10.5 Å². The maximum absolute atomic E-state index is 9.87. The van der Waals surface area contributed by atoms with Crippen molar-refractivity contribution in [2.75, 3.05) is 13.2 Å². The second-order valence-corrected chi connectivity index (χ2v) is 4.42. The van der Waals surface area contributed by atoms with E-state index in [4.69, 9.17) is 10.5 Å². The average molecular weight is 207 g/mol. The minimum absolute atomic E-state index is 0.278. The Labute approximate surface area is 89.9 Å². The van der Waals surface area contributed by atoms with Crippen molar-refractivity contribution in [3.8, 4) is 5.75 Å². The van der Waals surface area contributed by atoms with E-state index in [1.54, 1.807) is 6.92 Å². The minimum atomic E-state index is -0.812. The minimum Gasteiger partial charge on any atom is -0.493 e. The van der Waals surface area contributed by atoms with Crippen molar-refractivity contribution in [3.05, 3.63) is 29.3 Å². The lowest BCUT2D eigenvalue weighted by Crippen LogP contribution is -2.36. The summed E-state index contributed by atoms with van der Waals surface area (Å²) in [6, 6.07) is 6.07. The second kappa shape index (κ2) is 3.83. The lowest BCUT2D eigenvalue weighted by molar-refractivity contribution is 0.0696. The van der Waals surface area contributed by atoms with Gasteiger partial charge in [-0.15, -0.1) is 0 Å². The molecule has 82 valence electrons. The van der Waals surface area contributed by atoms with Crippen molar-refractivity contribution in [1.29, 1.82) is 0 Å². The van der Waals surface area contributed by atoms with E-state index < -0.39 is 5.60 Å². The van der Waals surface area contributed by atoms with E-state index in [1.807, 2.05) is 12.1 Å². The zero-order chi connectivity index (χ0) is 10.9. The van der Waals surface area contributed by atoms with Crippen LogP contribution in [-0.4, -0.2) is 23.9 Å². The van der Waals surface area contributed by atoms with E-state index in [-0.39, 0.29) is 6.54 Å². The molecule has 3 nitrogen and oxygen atoms in total. The Bertz CT molecular complexity index is 361. The molecule has 1 heterocycles. The summed E-state index contributed by atoms with van der Waals surface area (Å²) in [6.07, 6.45) is 1.56. The second-order valence-electron chi connectivity index (χ2n) is 4.42. The maximum Gasteiger partial charge on any atom is 0.122 e. The summed E-state index contributed by atoms with van der Waals surface area (Å²) < 4.78 is 5.42. The highest BCUT2D eigenvalue weighted by Gasteiger charge is 2.20. The predicted molar refractivity (Wildman–Crippen MR) is 59.0 cm³/mol. The van der Waals surface area contributed by atoms with Gasteiger partial charge in [0.1, 0.15) is 5.75 Å². The van der Waals surface area contributed by atoms with Crippen LogP contribution in [0.25, 0.3) is 0 Å². The van der Waals surface area contributed by atoms with Crippen molar-refractivity contribution in [2.24, 2.45) is 5.73 Å². The van der Waals surface area contributed by atoms with Crippen LogP contribution in [-0.2, 0) is 12.8 Å². The average Bonchev–Trinajstić information content (AvgIpc) is 2.64. The lowest BCUT2D eigenvalue weighted by atomic mass is 9.95. The molecule has 1 atom stereocenters. The maximum atomic E-state index is 9.87. The van der Waals surface area contributed by atoms with Crippen LogP contribution in [0.4, 0.5) is 0 Å². The smallest absolute Gasteiger partial charge is 0.122 e. The SMILES string of the molecule is CC(O)(CN)Cc1ccc2c(c1)CCO2. The van der Waals surface area contributed by atoms with Crippen LogP contribution in [0.1, 0.15) is 18.1 Å². The van der Waals surface area contributed by atoms with Gasteiger partial charge in [-0.3, -0.25) is 0 Å². The van der Waals surface area contributed by atoms with Crippen LogP contribution in [0.15, 0.2) is 18.2 Å². The molecule has 1 aliphatic rings. The monoisotopic (exact) mass is 207 g/mol. The van der Waals surface area contributed by atoms with Crippen molar-refractivity contribution in [2.45, 2.75) is 25.4 Å². The molecule has 0 saturated carbocycles. The van der Waals surface area contributed by atoms with E-state index in [1.165, 1.54) is 5.56 Å². The summed E-state index contributed by atoms with van der Waals surface area (Å²) in [5.41, 5.74) is 7.04. The van der Waals surface area contributed by atoms with Gasteiger partial charge in [0.05, 0.1) is 12.2 Å². The standard InChI is InChI=1S/C12H17NO2/c1-12(14,8-13)7-9-2-3-11-10(6-9)4-5-15-11/h2-3,6,14H,4-5,7-8,13H2,1H3. The fourth-order valence-corrected chi connectivity index (χ4v) is 1.86. The molecular weight excluding hydrogens is 190 g/mol. The lowest BCUT2D eigenvalue weighted by Gasteiger charge is -2.21. The number of ether oxygens (including phenoxy) is 1. The van der Waals surface area contributed by atoms with Gasteiger partial charge >= 0.3 is 0 Å². The van der Waals surface area contributed by atoms with Gasteiger partial charge < -0.3 is 15.6 Å². The Morgan fingerprint density at radius 1 is 1.53 bits per heavy atom. The summed E-state index contributed by atoms with van der Waals surface area (Å²) in [7, 11) is 0. The highest BCUT2D eigenvalue weighted by molar-refractivity contribution is 5.40. The van der Waals surface area contributed by atoms with Gasteiger partial charge in [-0.2, -0.15) is 0 Å². The van der Waals surface area contributed by atoms with Gasteiger partial charge in [0.15, 0.2) is 0 Å². The van der Waals surface area contributed by atoms with Crippen LogP contribution in [0.3, 0.4) is 0 Å². The molecule has 0 bridgehead atoms. The van der Waals surface area contributed by atoms with Gasteiger partial charge in [0, 0.05) is 19.4 Å². The molecule has 0 saturated heterocycles. The molecule has 0 aliphatic carbocycles. The molecular formula is C12H17NO2. The first-order chi connectivity index (χ1) is 7.11. The van der Waals surface area contributed by atoms with Crippen LogP contribution >= 0.6 is 0 Å². The molecule has 0 spiro atoms. The Morgan fingerprint density at radius 3 is 3.07 bits per heavy atom. The Morgan fingerprint density at radius 2 is 2.33 bits per heavy atom. The Kier molecular flexibility index (Phi) is 2.67. The summed E-state index contributed by atoms with van der Waals surface area (Å²) >= 11 is 0. The van der Waals surface area contributed by atoms with E-state index in [0.29, 0.717) is 6.42 Å². The highest BCUT2D eigenvalue weighted by atomic mass is 16.5. The molecule has 3 N–H and O–H groups in total. The van der Waals surface area contributed by atoms with Crippen LogP contribution in [0.5, 0.6) is 5.75 Å². The van der Waals surface area contributed by atoms with E-state index in [0.717, 1.165) is 24.3 Å². The largest absolute Gasteiger partial charge is 0.493 e. The topological polar surface area (TPSA) is 55.5 Å². The summed E-state index contributed by atoms with van der Waals surface area (Å²) in [5, 5.41) is 9.87. The van der Waals surface area contributed by atoms with Gasteiger partial charge in [-0.1, -0.05) is 12.1 Å². The van der Waals surface area contributed by atoms with Crippen LogP contribution in [0.2, 0.25) is 0 Å². The van der Waals surface area contributed by atoms with Gasteiger partial charge in [0.25, 0.3) is 0 Å². The summed E-state index contributed by atoms with van der Waals surface area (Å²) in [4.78, 5) is 0. The molecule has 1 unspecified atom stereocenters. The van der Waals surface area contributed by atoms with Gasteiger partial charge in [-0.05, 0) is 24.1 Å². The number of nitrogens with two attached hydrogens (primary N) is 1. The van der Waals surface area contributed by atoms with Crippen molar-refractivity contribution >= 4 is 0 Å². The molecule has 1 aliphatic heterocycles. The summed E-state index contributed by atoms with van der Waals surface area (Å²) in [6.45, 7) is 2.81. The number of rotatable bonds is 3. The number of hydrogen-bond acceptors (Lipinski definition) is 3. The molecule has 1 aromatic rings. The third kappa shape index (κ3) is 2.30. The molecule has 15 heavy (non-hydrogen) atoms. The zero-order valence-electron chi connectivity index (χ0n) is 8.99. The third-order valence-electron chi connectivity index (χ3n) is 2.78. The van der Waals surface area contributed by atoms with Crippen molar-refractivity contribution < 1.29 is 9.84 Å². The number of hydrogen-bond donors (Lipinski definition) is 2. The van der Waals surface area contributed by atoms with E-state index >= 15 is 0 Å². The number of benzene rings is 1. The molecule has 0 fully saturated rings. The highest BCUT2D eigenvalue weighted by Crippen LogP contribution is 2.27. The number of aliphatic hydroxyl groups is 1. The fraction of sp³-hybridized carbons (Fsp3) is 0.500. The Hall–Kier alpha value is -1.06. The third-order valence-corrected chi connectivity index (χ3v) is 2.78. The van der Waals surface area contributed by atoms with E-state index in [9.17, 15) is 5.11 Å². The molecule has 0 amide bonds. The molecule has 0 radical (unpaired) electrons. The first-order valence-corrected chi connectivity index (χ1v) is 5.28. The zero-order valence-corrected chi connectivity index (χ0v) is 8.99.